The Hall–Kier alpha value is -1.34. The molecule has 2 aliphatic carbocycles. The van der Waals surface area contributed by atoms with Gasteiger partial charge in [0.15, 0.2) is 5.79 Å². The van der Waals surface area contributed by atoms with Gasteiger partial charge in [0.2, 0.25) is 0 Å². The lowest BCUT2D eigenvalue weighted by Crippen LogP contribution is -2.48. The van der Waals surface area contributed by atoms with Gasteiger partial charge in [-0.05, 0) is 31.6 Å². The van der Waals surface area contributed by atoms with Gasteiger partial charge in [-0.25, -0.2) is 4.79 Å². The van der Waals surface area contributed by atoms with Crippen LogP contribution in [0.15, 0.2) is 0 Å². The zero-order chi connectivity index (χ0) is 16.8. The number of urea groups is 1. The molecule has 0 aromatic carbocycles. The van der Waals surface area contributed by atoms with Gasteiger partial charge in [0.1, 0.15) is 0 Å². The Bertz CT molecular complexity index is 523. The molecule has 4 fully saturated rings. The Morgan fingerprint density at radius 3 is 2.42 bits per heavy atom. The highest BCUT2D eigenvalue weighted by molar-refractivity contribution is 5.80. The maximum atomic E-state index is 12.6. The van der Waals surface area contributed by atoms with Gasteiger partial charge in [0.05, 0.1) is 18.6 Å². The Kier molecular flexibility index (Phi) is 3.95. The normalized spacial score (nSPS) is 35.3. The maximum Gasteiger partial charge on any atom is 0.317 e. The molecule has 1 spiro atoms. The number of likely N-dealkylation sites (tertiary alicyclic amines) is 1. The van der Waals surface area contributed by atoms with E-state index in [0.717, 1.165) is 38.5 Å². The summed E-state index contributed by atoms with van der Waals surface area (Å²) in [5.41, 5.74) is -0.709. The van der Waals surface area contributed by atoms with Crippen LogP contribution in [0.1, 0.15) is 44.9 Å². The number of carboxylic acids is 1. The summed E-state index contributed by atoms with van der Waals surface area (Å²) < 4.78 is 11.4. The first-order valence-corrected chi connectivity index (χ1v) is 9.10. The van der Waals surface area contributed by atoms with Crippen molar-refractivity contribution in [2.75, 3.05) is 26.3 Å². The van der Waals surface area contributed by atoms with Crippen molar-refractivity contribution in [2.24, 2.45) is 11.3 Å². The quantitative estimate of drug-likeness (QED) is 0.798. The molecule has 2 saturated heterocycles. The van der Waals surface area contributed by atoms with E-state index in [9.17, 15) is 14.7 Å². The number of amides is 2. The van der Waals surface area contributed by atoms with Crippen molar-refractivity contribution in [1.29, 1.82) is 0 Å². The minimum absolute atomic E-state index is 0.107. The third kappa shape index (κ3) is 2.58. The van der Waals surface area contributed by atoms with E-state index in [-0.39, 0.29) is 18.0 Å². The first kappa shape index (κ1) is 16.1. The molecule has 0 radical (unpaired) electrons. The van der Waals surface area contributed by atoms with Crippen molar-refractivity contribution in [1.82, 2.24) is 10.2 Å². The SMILES string of the molecule is O=C(NC1CCC2(CC1)OCCO2)N1C[C@@H]2CCC[C@@]2(C(=O)O)C1. The van der Waals surface area contributed by atoms with E-state index in [4.69, 9.17) is 9.47 Å². The molecule has 134 valence electrons. The minimum atomic E-state index is -0.740. The standard InChI is InChI=1S/C17H26N2O5/c20-14(21)16-5-1-2-12(16)10-19(11-16)15(22)18-13-3-6-17(7-4-13)23-8-9-24-17/h12-13H,1-11H2,(H,18,22)(H,20,21)/t12-,16+/m0/s1. The van der Waals surface area contributed by atoms with E-state index in [1.165, 1.54) is 0 Å². The highest BCUT2D eigenvalue weighted by Crippen LogP contribution is 2.49. The lowest BCUT2D eigenvalue weighted by Gasteiger charge is -2.36. The third-order valence-corrected chi connectivity index (χ3v) is 6.47. The Labute approximate surface area is 141 Å². The highest BCUT2D eigenvalue weighted by atomic mass is 16.7. The zero-order valence-electron chi connectivity index (χ0n) is 14.0. The van der Waals surface area contributed by atoms with Gasteiger partial charge in [0.25, 0.3) is 0 Å². The highest BCUT2D eigenvalue weighted by Gasteiger charge is 2.56. The average Bonchev–Trinajstić information content (AvgIpc) is 3.24. The number of nitrogens with zero attached hydrogens (tertiary/aromatic N) is 1. The number of fused-ring (bicyclic) bond motifs is 1. The van der Waals surface area contributed by atoms with Crippen molar-refractivity contribution < 1.29 is 24.2 Å². The summed E-state index contributed by atoms with van der Waals surface area (Å²) >= 11 is 0. The average molecular weight is 338 g/mol. The van der Waals surface area contributed by atoms with E-state index in [1.807, 2.05) is 0 Å². The Balaban J connectivity index is 1.32. The lowest BCUT2D eigenvalue weighted by atomic mass is 9.81. The second-order valence-electron chi connectivity index (χ2n) is 7.76. The lowest BCUT2D eigenvalue weighted by molar-refractivity contribution is -0.179. The van der Waals surface area contributed by atoms with Crippen LogP contribution in [-0.2, 0) is 14.3 Å². The number of aliphatic carboxylic acids is 1. The smallest absolute Gasteiger partial charge is 0.317 e. The largest absolute Gasteiger partial charge is 0.481 e. The van der Waals surface area contributed by atoms with Crippen LogP contribution in [-0.4, -0.2) is 60.1 Å². The Morgan fingerprint density at radius 1 is 1.08 bits per heavy atom. The van der Waals surface area contributed by atoms with Gasteiger partial charge in [-0.2, -0.15) is 0 Å². The van der Waals surface area contributed by atoms with Gasteiger partial charge in [-0.3, -0.25) is 4.79 Å². The Morgan fingerprint density at radius 2 is 1.79 bits per heavy atom. The molecule has 0 aromatic rings. The van der Waals surface area contributed by atoms with Crippen LogP contribution >= 0.6 is 0 Å². The van der Waals surface area contributed by atoms with Crippen LogP contribution in [0.4, 0.5) is 4.79 Å². The van der Waals surface area contributed by atoms with Crippen LogP contribution in [0.3, 0.4) is 0 Å². The number of nitrogens with one attached hydrogen (secondary N) is 1. The first-order valence-electron chi connectivity index (χ1n) is 9.10. The van der Waals surface area contributed by atoms with Crippen molar-refractivity contribution in [3.05, 3.63) is 0 Å². The second-order valence-corrected chi connectivity index (χ2v) is 7.76. The molecular weight excluding hydrogens is 312 g/mol. The van der Waals surface area contributed by atoms with Gasteiger partial charge in [-0.1, -0.05) is 6.42 Å². The van der Waals surface area contributed by atoms with E-state index in [0.29, 0.717) is 32.7 Å². The summed E-state index contributed by atoms with van der Waals surface area (Å²) in [6, 6.07) is 0.0105. The fourth-order valence-corrected chi connectivity index (χ4v) is 5.05. The molecule has 7 heteroatoms. The van der Waals surface area contributed by atoms with E-state index >= 15 is 0 Å². The fraction of sp³-hybridized carbons (Fsp3) is 0.882. The van der Waals surface area contributed by atoms with Gasteiger partial charge >= 0.3 is 12.0 Å². The minimum Gasteiger partial charge on any atom is -0.481 e. The van der Waals surface area contributed by atoms with Crippen molar-refractivity contribution in [3.8, 4) is 0 Å². The van der Waals surface area contributed by atoms with Crippen LogP contribution < -0.4 is 5.32 Å². The molecule has 0 bridgehead atoms. The van der Waals surface area contributed by atoms with Gasteiger partial charge < -0.3 is 24.8 Å². The van der Waals surface area contributed by atoms with E-state index < -0.39 is 17.2 Å². The molecule has 4 aliphatic rings. The third-order valence-electron chi connectivity index (χ3n) is 6.47. The van der Waals surface area contributed by atoms with Crippen LogP contribution in [0.2, 0.25) is 0 Å². The number of ether oxygens (including phenoxy) is 2. The summed E-state index contributed by atoms with van der Waals surface area (Å²) in [5.74, 6) is -1.05. The molecule has 2 aliphatic heterocycles. The summed E-state index contributed by atoms with van der Waals surface area (Å²) in [4.78, 5) is 26.0. The molecule has 2 N–H and O–H groups in total. The monoisotopic (exact) mass is 338 g/mol. The maximum absolute atomic E-state index is 12.6. The molecule has 2 heterocycles. The fourth-order valence-electron chi connectivity index (χ4n) is 5.05. The van der Waals surface area contributed by atoms with E-state index in [1.54, 1.807) is 4.90 Å². The van der Waals surface area contributed by atoms with Crippen molar-refractivity contribution in [3.63, 3.8) is 0 Å². The molecule has 2 amide bonds. The summed E-state index contributed by atoms with van der Waals surface area (Å²) in [7, 11) is 0. The predicted octanol–water partition coefficient (Wildman–Crippen LogP) is 1.57. The first-order chi connectivity index (χ1) is 11.5. The summed E-state index contributed by atoms with van der Waals surface area (Å²) in [5, 5.41) is 12.7. The molecule has 2 saturated carbocycles. The zero-order valence-corrected chi connectivity index (χ0v) is 14.0. The number of carboxylic acid groups (broad SMARTS) is 1. The van der Waals surface area contributed by atoms with Crippen molar-refractivity contribution in [2.45, 2.75) is 56.8 Å². The molecule has 0 aromatic heterocycles. The van der Waals surface area contributed by atoms with Crippen molar-refractivity contribution >= 4 is 12.0 Å². The number of hydrogen-bond acceptors (Lipinski definition) is 4. The van der Waals surface area contributed by atoms with Crippen LogP contribution in [0.25, 0.3) is 0 Å². The van der Waals surface area contributed by atoms with Crippen LogP contribution in [0, 0.1) is 11.3 Å². The topological polar surface area (TPSA) is 88.1 Å². The predicted molar refractivity (Wildman–Crippen MR) is 84.4 cm³/mol. The molecular formula is C17H26N2O5. The molecule has 0 unspecified atom stereocenters. The van der Waals surface area contributed by atoms with Gasteiger partial charge in [0, 0.05) is 32.0 Å². The molecule has 7 nitrogen and oxygen atoms in total. The molecule has 2 atom stereocenters. The number of rotatable bonds is 2. The summed E-state index contributed by atoms with van der Waals surface area (Å²) in [6.07, 6.45) is 5.85. The number of hydrogen-bond donors (Lipinski definition) is 2. The molecule has 4 rings (SSSR count). The van der Waals surface area contributed by atoms with E-state index in [2.05, 4.69) is 5.32 Å². The van der Waals surface area contributed by atoms with Crippen LogP contribution in [0.5, 0.6) is 0 Å². The summed E-state index contributed by atoms with van der Waals surface area (Å²) in [6.45, 7) is 2.23. The second kappa shape index (κ2) is 5.88. The molecule has 24 heavy (non-hydrogen) atoms. The number of carbonyl (C=O) groups excluding carboxylic acids is 1. The number of carbonyl (C=O) groups is 2. The van der Waals surface area contributed by atoms with Gasteiger partial charge in [-0.15, -0.1) is 0 Å².